The summed E-state index contributed by atoms with van der Waals surface area (Å²) in [6.45, 7) is 1.92. The predicted octanol–water partition coefficient (Wildman–Crippen LogP) is 4.79. The molecule has 3 aromatic carbocycles. The zero-order valence-corrected chi connectivity index (χ0v) is 14.1. The Kier molecular flexibility index (Phi) is 3.09. The number of nitrogens with zero attached hydrogens (tertiary/aromatic N) is 2. The van der Waals surface area contributed by atoms with Crippen molar-refractivity contribution in [1.82, 2.24) is 20.2 Å². The van der Waals surface area contributed by atoms with Crippen LogP contribution >= 0.6 is 0 Å². The Morgan fingerprint density at radius 2 is 1.81 bits per heavy atom. The summed E-state index contributed by atoms with van der Waals surface area (Å²) in [5.41, 5.74) is 6.55. The van der Waals surface area contributed by atoms with E-state index in [9.17, 15) is 5.11 Å². The van der Waals surface area contributed by atoms with Crippen molar-refractivity contribution in [2.75, 3.05) is 0 Å². The molecule has 0 saturated carbocycles. The maximum Gasteiger partial charge on any atom is 0.159 e. The van der Waals surface area contributed by atoms with Crippen molar-refractivity contribution < 1.29 is 5.11 Å². The van der Waals surface area contributed by atoms with Crippen LogP contribution in [0.3, 0.4) is 0 Å². The maximum atomic E-state index is 9.96. The fourth-order valence-corrected chi connectivity index (χ4v) is 3.37. The maximum absolute atomic E-state index is 9.96. The van der Waals surface area contributed by atoms with Gasteiger partial charge >= 0.3 is 0 Å². The monoisotopic (exact) mass is 340 g/mol. The van der Waals surface area contributed by atoms with Crippen molar-refractivity contribution in [3.05, 3.63) is 66.2 Å². The number of imidazole rings is 1. The summed E-state index contributed by atoms with van der Waals surface area (Å²) in [5, 5.41) is 18.5. The number of aromatic hydroxyl groups is 1. The van der Waals surface area contributed by atoms with Gasteiger partial charge in [0.1, 0.15) is 11.4 Å². The lowest BCUT2D eigenvalue weighted by molar-refractivity contribution is 0.471. The van der Waals surface area contributed by atoms with E-state index in [0.717, 1.165) is 50.1 Å². The van der Waals surface area contributed by atoms with Crippen molar-refractivity contribution in [2.24, 2.45) is 0 Å². The molecule has 126 valence electrons. The number of phenolic OH excluding ortho intramolecular Hbond substituents is 1. The van der Waals surface area contributed by atoms with Crippen LogP contribution in [0.15, 0.2) is 60.7 Å². The Morgan fingerprint density at radius 3 is 2.69 bits per heavy atom. The molecule has 3 N–H and O–H groups in total. The van der Waals surface area contributed by atoms with Gasteiger partial charge < -0.3 is 10.1 Å². The molecule has 5 rings (SSSR count). The molecule has 2 aromatic heterocycles. The predicted molar refractivity (Wildman–Crippen MR) is 103 cm³/mol. The largest absolute Gasteiger partial charge is 0.508 e. The third-order valence-corrected chi connectivity index (χ3v) is 4.79. The van der Waals surface area contributed by atoms with Gasteiger partial charge in [-0.05, 0) is 53.9 Å². The second kappa shape index (κ2) is 5.46. The number of aromatic amines is 2. The van der Waals surface area contributed by atoms with Gasteiger partial charge in [0.05, 0.1) is 16.6 Å². The lowest BCUT2D eigenvalue weighted by Gasteiger charge is -2.07. The SMILES string of the molecule is Cc1c(O)cccc1-c1ccc2c(-c3nc4ccccc4[nH]3)n[nH]c2c1. The van der Waals surface area contributed by atoms with Crippen molar-refractivity contribution in [3.8, 4) is 28.4 Å². The zero-order valence-electron chi connectivity index (χ0n) is 14.1. The van der Waals surface area contributed by atoms with E-state index in [-0.39, 0.29) is 0 Å². The highest BCUT2D eigenvalue weighted by Crippen LogP contribution is 2.33. The fourth-order valence-electron chi connectivity index (χ4n) is 3.37. The minimum absolute atomic E-state index is 0.301. The molecule has 0 amide bonds. The lowest BCUT2D eigenvalue weighted by Crippen LogP contribution is -1.84. The highest BCUT2D eigenvalue weighted by molar-refractivity contribution is 5.95. The zero-order chi connectivity index (χ0) is 17.7. The van der Waals surface area contributed by atoms with Gasteiger partial charge in [-0.1, -0.05) is 30.3 Å². The second-order valence-corrected chi connectivity index (χ2v) is 6.38. The topological polar surface area (TPSA) is 77.6 Å². The third kappa shape index (κ3) is 2.18. The van der Waals surface area contributed by atoms with Crippen molar-refractivity contribution in [2.45, 2.75) is 6.92 Å². The summed E-state index contributed by atoms with van der Waals surface area (Å²) in [7, 11) is 0. The van der Waals surface area contributed by atoms with Gasteiger partial charge in [-0.2, -0.15) is 5.10 Å². The molecule has 26 heavy (non-hydrogen) atoms. The first-order valence-electron chi connectivity index (χ1n) is 8.43. The number of para-hydroxylation sites is 2. The van der Waals surface area contributed by atoms with Crippen molar-refractivity contribution >= 4 is 21.9 Å². The van der Waals surface area contributed by atoms with Crippen LogP contribution < -0.4 is 0 Å². The molecule has 2 heterocycles. The molecular weight excluding hydrogens is 324 g/mol. The molecule has 0 aliphatic carbocycles. The summed E-state index contributed by atoms with van der Waals surface area (Å²) < 4.78 is 0. The van der Waals surface area contributed by atoms with E-state index < -0.39 is 0 Å². The van der Waals surface area contributed by atoms with E-state index in [1.54, 1.807) is 6.07 Å². The Bertz CT molecular complexity index is 1230. The third-order valence-electron chi connectivity index (χ3n) is 4.79. The van der Waals surface area contributed by atoms with Crippen LogP contribution in [0.5, 0.6) is 5.75 Å². The van der Waals surface area contributed by atoms with E-state index in [1.807, 2.05) is 55.5 Å². The van der Waals surface area contributed by atoms with Gasteiger partial charge in [0.15, 0.2) is 5.82 Å². The Balaban J connectivity index is 1.65. The molecule has 0 aliphatic heterocycles. The smallest absolute Gasteiger partial charge is 0.159 e. The van der Waals surface area contributed by atoms with Crippen LogP contribution in [0.1, 0.15) is 5.56 Å². The summed E-state index contributed by atoms with van der Waals surface area (Å²) in [6, 6.07) is 19.6. The van der Waals surface area contributed by atoms with Crippen LogP contribution in [0, 0.1) is 6.92 Å². The molecule has 0 spiro atoms. The van der Waals surface area contributed by atoms with Crippen LogP contribution in [0.4, 0.5) is 0 Å². The molecule has 5 aromatic rings. The average molecular weight is 340 g/mol. The summed E-state index contributed by atoms with van der Waals surface area (Å²) in [4.78, 5) is 7.97. The molecule has 0 atom stereocenters. The number of H-pyrrole nitrogens is 2. The summed E-state index contributed by atoms with van der Waals surface area (Å²) >= 11 is 0. The highest BCUT2D eigenvalue weighted by atomic mass is 16.3. The van der Waals surface area contributed by atoms with Crippen LogP contribution in [-0.4, -0.2) is 25.3 Å². The number of phenols is 1. The number of hydrogen-bond donors (Lipinski definition) is 3. The van der Waals surface area contributed by atoms with Crippen molar-refractivity contribution in [1.29, 1.82) is 0 Å². The summed E-state index contributed by atoms with van der Waals surface area (Å²) in [6.07, 6.45) is 0. The second-order valence-electron chi connectivity index (χ2n) is 6.38. The number of hydrogen-bond acceptors (Lipinski definition) is 3. The molecule has 0 radical (unpaired) electrons. The van der Waals surface area contributed by atoms with Crippen LogP contribution in [0.2, 0.25) is 0 Å². The summed E-state index contributed by atoms with van der Waals surface area (Å²) in [5.74, 6) is 1.05. The normalized spacial score (nSPS) is 11.4. The number of benzene rings is 3. The Labute approximate surface area is 149 Å². The molecule has 0 bridgehead atoms. The highest BCUT2D eigenvalue weighted by Gasteiger charge is 2.14. The van der Waals surface area contributed by atoms with Gasteiger partial charge in [0.2, 0.25) is 0 Å². The molecule has 0 fully saturated rings. The average Bonchev–Trinajstić information content (AvgIpc) is 3.26. The van der Waals surface area contributed by atoms with E-state index in [4.69, 9.17) is 0 Å². The van der Waals surface area contributed by atoms with Crippen molar-refractivity contribution in [3.63, 3.8) is 0 Å². The van der Waals surface area contributed by atoms with Gasteiger partial charge in [0, 0.05) is 5.39 Å². The number of nitrogens with one attached hydrogen (secondary N) is 2. The van der Waals surface area contributed by atoms with Gasteiger partial charge in [0.25, 0.3) is 0 Å². The van der Waals surface area contributed by atoms with E-state index in [2.05, 4.69) is 26.2 Å². The van der Waals surface area contributed by atoms with E-state index in [1.165, 1.54) is 0 Å². The minimum atomic E-state index is 0.301. The Morgan fingerprint density at radius 1 is 0.923 bits per heavy atom. The van der Waals surface area contributed by atoms with E-state index in [0.29, 0.717) is 5.75 Å². The molecule has 5 nitrogen and oxygen atoms in total. The van der Waals surface area contributed by atoms with E-state index >= 15 is 0 Å². The fraction of sp³-hybridized carbons (Fsp3) is 0.0476. The standard InChI is InChI=1S/C21H16N4O/c1-12-14(5-4-8-19(12)26)13-9-10-15-18(11-13)24-25-20(15)21-22-16-6-2-3-7-17(16)23-21/h2-11,26H,1H3,(H,22,23)(H,24,25). The van der Waals surface area contributed by atoms with Gasteiger partial charge in [-0.3, -0.25) is 5.10 Å². The lowest BCUT2D eigenvalue weighted by atomic mass is 9.98. The molecule has 5 heteroatoms. The first-order chi connectivity index (χ1) is 12.7. The Hall–Kier alpha value is -3.60. The van der Waals surface area contributed by atoms with Crippen LogP contribution in [0.25, 0.3) is 44.6 Å². The van der Waals surface area contributed by atoms with Crippen LogP contribution in [-0.2, 0) is 0 Å². The minimum Gasteiger partial charge on any atom is -0.508 e. The molecule has 0 aliphatic rings. The quantitative estimate of drug-likeness (QED) is 0.432. The number of fused-ring (bicyclic) bond motifs is 2. The molecule has 0 saturated heterocycles. The first-order valence-corrected chi connectivity index (χ1v) is 8.43. The van der Waals surface area contributed by atoms with Gasteiger partial charge in [-0.15, -0.1) is 0 Å². The number of aromatic nitrogens is 4. The molecular formula is C21H16N4O. The first kappa shape index (κ1) is 14.7. The molecule has 0 unspecified atom stereocenters. The number of rotatable bonds is 2. The van der Waals surface area contributed by atoms with Gasteiger partial charge in [-0.25, -0.2) is 4.98 Å².